The third-order valence-electron chi connectivity index (χ3n) is 5.73. The zero-order chi connectivity index (χ0) is 22.4. The predicted molar refractivity (Wildman–Crippen MR) is 127 cm³/mol. The van der Waals surface area contributed by atoms with Gasteiger partial charge in [-0.15, -0.1) is 0 Å². The van der Waals surface area contributed by atoms with Crippen LogP contribution in [-0.4, -0.2) is 61.0 Å². The summed E-state index contributed by atoms with van der Waals surface area (Å²) in [4.78, 5) is 31.7. The van der Waals surface area contributed by atoms with E-state index < -0.39 is 0 Å². The molecule has 2 aromatic rings. The Hall–Kier alpha value is -3.22. The van der Waals surface area contributed by atoms with Gasteiger partial charge in [0.15, 0.2) is 0 Å². The van der Waals surface area contributed by atoms with Gasteiger partial charge in [0.05, 0.1) is 5.56 Å². The first kappa shape index (κ1) is 22.5. The van der Waals surface area contributed by atoms with Gasteiger partial charge < -0.3 is 25.8 Å². The normalized spacial score (nSPS) is 14.2. The van der Waals surface area contributed by atoms with E-state index in [9.17, 15) is 9.59 Å². The fourth-order valence-corrected chi connectivity index (χ4v) is 3.88. The fourth-order valence-electron chi connectivity index (χ4n) is 3.88. The lowest BCUT2D eigenvalue weighted by Gasteiger charge is -2.28. The second kappa shape index (κ2) is 10.2. The topological polar surface area (TPSA) is 81.9 Å². The number of benzene rings is 2. The van der Waals surface area contributed by atoms with Crippen molar-refractivity contribution in [2.24, 2.45) is 0 Å². The molecule has 0 aromatic heterocycles. The summed E-state index contributed by atoms with van der Waals surface area (Å²) in [6.07, 6.45) is 0.824. The Morgan fingerprint density at radius 2 is 1.71 bits per heavy atom. The molecule has 3 N–H and O–H groups in total. The predicted octanol–water partition coefficient (Wildman–Crippen LogP) is 3.80. The van der Waals surface area contributed by atoms with Gasteiger partial charge in [-0.25, -0.2) is 4.79 Å². The Morgan fingerprint density at radius 3 is 2.39 bits per heavy atom. The van der Waals surface area contributed by atoms with Gasteiger partial charge in [-0.3, -0.25) is 4.79 Å². The van der Waals surface area contributed by atoms with Crippen LogP contribution in [0.2, 0.25) is 0 Å². The molecule has 0 unspecified atom stereocenters. The molecule has 0 saturated carbocycles. The van der Waals surface area contributed by atoms with Crippen LogP contribution in [0.3, 0.4) is 0 Å². The average molecular weight is 424 g/mol. The van der Waals surface area contributed by atoms with Crippen LogP contribution in [-0.2, 0) is 0 Å². The number of hydrogen-bond donors (Lipinski definition) is 2. The highest BCUT2D eigenvalue weighted by Gasteiger charge is 2.24. The molecule has 1 aliphatic heterocycles. The van der Waals surface area contributed by atoms with Gasteiger partial charge in [0.1, 0.15) is 0 Å². The molecular weight excluding hydrogens is 390 g/mol. The zero-order valence-corrected chi connectivity index (χ0v) is 18.7. The molecule has 0 bridgehead atoms. The van der Waals surface area contributed by atoms with Crippen molar-refractivity contribution in [2.45, 2.75) is 27.2 Å². The van der Waals surface area contributed by atoms with Crippen LogP contribution >= 0.6 is 0 Å². The van der Waals surface area contributed by atoms with Crippen LogP contribution in [0.1, 0.15) is 36.2 Å². The molecule has 166 valence electrons. The third kappa shape index (κ3) is 5.48. The van der Waals surface area contributed by atoms with Crippen molar-refractivity contribution < 1.29 is 9.59 Å². The maximum absolute atomic E-state index is 13.1. The summed E-state index contributed by atoms with van der Waals surface area (Å²) in [6.45, 7) is 9.95. The number of hydrogen-bond acceptors (Lipinski definition) is 4. The van der Waals surface area contributed by atoms with Gasteiger partial charge in [0.25, 0.3) is 5.91 Å². The van der Waals surface area contributed by atoms with E-state index in [0.29, 0.717) is 44.0 Å². The summed E-state index contributed by atoms with van der Waals surface area (Å²) >= 11 is 0. The molecule has 31 heavy (non-hydrogen) atoms. The first-order valence-electron chi connectivity index (χ1n) is 11.0. The summed E-state index contributed by atoms with van der Waals surface area (Å²) in [5, 5.41) is 2.98. The monoisotopic (exact) mass is 423 g/mol. The molecule has 3 rings (SSSR count). The molecule has 1 fully saturated rings. The number of nitrogens with zero attached hydrogens (tertiary/aromatic N) is 3. The first-order valence-corrected chi connectivity index (χ1v) is 11.0. The van der Waals surface area contributed by atoms with E-state index in [1.54, 1.807) is 11.0 Å². The molecule has 7 heteroatoms. The highest BCUT2D eigenvalue weighted by atomic mass is 16.2. The molecule has 1 aliphatic rings. The molecule has 3 amide bonds. The first-order chi connectivity index (χ1) is 14.9. The summed E-state index contributed by atoms with van der Waals surface area (Å²) in [5.74, 6) is -0.00878. The number of urea groups is 1. The molecule has 1 heterocycles. The maximum atomic E-state index is 13.1. The number of anilines is 3. The van der Waals surface area contributed by atoms with E-state index in [0.717, 1.165) is 29.9 Å². The minimum absolute atomic E-state index is 0.00878. The number of nitrogen functional groups attached to an aromatic ring is 1. The molecular formula is C24H33N5O2. The van der Waals surface area contributed by atoms with Crippen molar-refractivity contribution in [1.29, 1.82) is 0 Å². The van der Waals surface area contributed by atoms with Gasteiger partial charge in [-0.05, 0) is 57.5 Å². The van der Waals surface area contributed by atoms with E-state index in [2.05, 4.69) is 10.2 Å². The smallest absolute Gasteiger partial charge is 0.321 e. The fraction of sp³-hybridized carbons (Fsp3) is 0.417. The van der Waals surface area contributed by atoms with Crippen LogP contribution in [0, 0.1) is 6.92 Å². The lowest BCUT2D eigenvalue weighted by atomic mass is 10.1. The quantitative estimate of drug-likeness (QED) is 0.717. The van der Waals surface area contributed by atoms with E-state index in [-0.39, 0.29) is 11.9 Å². The Kier molecular flexibility index (Phi) is 7.39. The molecule has 2 aromatic carbocycles. The number of carbonyl (C=O) groups excluding carboxylic acids is 2. The third-order valence-corrected chi connectivity index (χ3v) is 5.73. The van der Waals surface area contributed by atoms with Crippen molar-refractivity contribution >= 4 is 29.0 Å². The minimum atomic E-state index is -0.0950. The number of nitrogens with two attached hydrogens (primary N) is 1. The van der Waals surface area contributed by atoms with Crippen molar-refractivity contribution in [1.82, 2.24) is 9.80 Å². The van der Waals surface area contributed by atoms with Crippen LogP contribution in [0.5, 0.6) is 0 Å². The molecule has 0 spiro atoms. The summed E-state index contributed by atoms with van der Waals surface area (Å²) < 4.78 is 0. The molecule has 1 saturated heterocycles. The number of aryl methyl sites for hydroxylation is 1. The SMILES string of the molecule is CCN(CC)C(=O)c1cc(N)ccc1N1CCCN(C(=O)Nc2ccc(C)cc2)CC1. The standard InChI is InChI=1S/C24H33N5O2/c1-4-27(5-2)23(30)21-17-19(25)9-12-22(21)28-13-6-14-29(16-15-28)24(31)26-20-10-7-18(3)8-11-20/h7-12,17H,4-6,13-16,25H2,1-3H3,(H,26,31). The van der Waals surface area contributed by atoms with Gasteiger partial charge in [0.2, 0.25) is 0 Å². The highest BCUT2D eigenvalue weighted by Crippen LogP contribution is 2.26. The lowest BCUT2D eigenvalue weighted by Crippen LogP contribution is -2.38. The number of amides is 3. The Bertz CT molecular complexity index is 909. The highest BCUT2D eigenvalue weighted by molar-refractivity contribution is 6.00. The van der Waals surface area contributed by atoms with Crippen LogP contribution in [0.25, 0.3) is 0 Å². The molecule has 0 aliphatic carbocycles. The lowest BCUT2D eigenvalue weighted by molar-refractivity contribution is 0.0773. The molecule has 0 atom stereocenters. The van der Waals surface area contributed by atoms with Crippen molar-refractivity contribution in [3.63, 3.8) is 0 Å². The molecule has 7 nitrogen and oxygen atoms in total. The zero-order valence-electron chi connectivity index (χ0n) is 18.7. The summed E-state index contributed by atoms with van der Waals surface area (Å²) in [7, 11) is 0. The number of nitrogens with one attached hydrogen (secondary N) is 1. The van der Waals surface area contributed by atoms with Crippen molar-refractivity contribution in [3.8, 4) is 0 Å². The van der Waals surface area contributed by atoms with Gasteiger partial charge in [-0.1, -0.05) is 17.7 Å². The van der Waals surface area contributed by atoms with E-state index in [1.807, 2.05) is 62.1 Å². The van der Waals surface area contributed by atoms with Crippen molar-refractivity contribution in [3.05, 3.63) is 53.6 Å². The van der Waals surface area contributed by atoms with Gasteiger partial charge in [0, 0.05) is 56.3 Å². The van der Waals surface area contributed by atoms with E-state index in [4.69, 9.17) is 5.73 Å². The van der Waals surface area contributed by atoms with E-state index in [1.165, 1.54) is 0 Å². The minimum Gasteiger partial charge on any atom is -0.399 e. The van der Waals surface area contributed by atoms with Crippen LogP contribution in [0.15, 0.2) is 42.5 Å². The summed E-state index contributed by atoms with van der Waals surface area (Å²) in [6, 6.07) is 13.2. The Balaban J connectivity index is 1.72. The largest absolute Gasteiger partial charge is 0.399 e. The number of carbonyl (C=O) groups is 2. The van der Waals surface area contributed by atoms with Gasteiger partial charge in [-0.2, -0.15) is 0 Å². The average Bonchev–Trinajstić information content (AvgIpc) is 3.02. The summed E-state index contributed by atoms with van der Waals surface area (Å²) in [5.41, 5.74) is 10.0. The van der Waals surface area contributed by atoms with Crippen LogP contribution in [0.4, 0.5) is 21.9 Å². The second-order valence-electron chi connectivity index (χ2n) is 7.88. The van der Waals surface area contributed by atoms with E-state index >= 15 is 0 Å². The Labute approximate surface area is 184 Å². The van der Waals surface area contributed by atoms with Crippen LogP contribution < -0.4 is 16.0 Å². The van der Waals surface area contributed by atoms with Gasteiger partial charge >= 0.3 is 6.03 Å². The number of rotatable bonds is 5. The van der Waals surface area contributed by atoms with Crippen molar-refractivity contribution in [2.75, 3.05) is 55.2 Å². The molecule has 0 radical (unpaired) electrons. The maximum Gasteiger partial charge on any atom is 0.321 e. The second-order valence-corrected chi connectivity index (χ2v) is 7.88. The Morgan fingerprint density at radius 1 is 1.00 bits per heavy atom.